The Labute approximate surface area is 239 Å². The lowest BCUT2D eigenvalue weighted by Crippen LogP contribution is -2.35. The van der Waals surface area contributed by atoms with E-state index in [4.69, 9.17) is 4.42 Å². The van der Waals surface area contributed by atoms with Gasteiger partial charge < -0.3 is 29.9 Å². The zero-order valence-corrected chi connectivity index (χ0v) is 22.0. The van der Waals surface area contributed by atoms with Gasteiger partial charge in [-0.15, -0.1) is 0 Å². The number of carboxylic acid groups (broad SMARTS) is 4. The average Bonchev–Trinajstić information content (AvgIpc) is 2.89. The second-order valence-corrected chi connectivity index (χ2v) is 9.23. The van der Waals surface area contributed by atoms with Crippen LogP contribution in [0.25, 0.3) is 11.0 Å². The maximum atomic E-state index is 13.1. The summed E-state index contributed by atoms with van der Waals surface area (Å²) in [5, 5.41) is 58.9. The molecule has 17 nitrogen and oxygen atoms in total. The summed E-state index contributed by atoms with van der Waals surface area (Å²) in [5.41, 5.74) is -2.91. The molecule has 1 heterocycles. The Morgan fingerprint density at radius 3 is 1.74 bits per heavy atom. The van der Waals surface area contributed by atoms with Gasteiger partial charge in [0.25, 0.3) is 5.69 Å². The quantitative estimate of drug-likeness (QED) is 0.0690. The summed E-state index contributed by atoms with van der Waals surface area (Å²) in [6.07, 6.45) is 0. The summed E-state index contributed by atoms with van der Waals surface area (Å²) >= 11 is 0. The number of aromatic hydroxyl groups is 1. The minimum Gasteiger partial charge on any atom is -0.507 e. The number of phenolic OH excluding ortho intramolecular Hbond substituents is 1. The molecular weight excluding hydrogens is 578 g/mol. The van der Waals surface area contributed by atoms with Gasteiger partial charge in [0.05, 0.1) is 36.7 Å². The number of nitro benzene ring substituents is 1. The number of carboxylic acids is 4. The predicted molar refractivity (Wildman–Crippen MR) is 142 cm³/mol. The second-order valence-electron chi connectivity index (χ2n) is 9.23. The maximum absolute atomic E-state index is 13.1. The number of carbonyl (C=O) groups excluding carboxylic acids is 1. The molecule has 0 bridgehead atoms. The van der Waals surface area contributed by atoms with Gasteiger partial charge in [0.15, 0.2) is 5.78 Å². The Kier molecular flexibility index (Phi) is 9.86. The van der Waals surface area contributed by atoms with Crippen molar-refractivity contribution in [2.75, 3.05) is 26.2 Å². The Balaban J connectivity index is 2.22. The van der Waals surface area contributed by atoms with Crippen molar-refractivity contribution in [1.29, 1.82) is 0 Å². The number of phenols is 1. The van der Waals surface area contributed by atoms with Crippen molar-refractivity contribution in [3.63, 3.8) is 0 Å². The Bertz CT molecular complexity index is 1650. The molecule has 1 aromatic heterocycles. The molecule has 3 aromatic rings. The van der Waals surface area contributed by atoms with Crippen molar-refractivity contribution in [1.82, 2.24) is 9.80 Å². The first-order valence-electron chi connectivity index (χ1n) is 12.1. The molecule has 0 fully saturated rings. The molecular formula is C26H23N3O14. The van der Waals surface area contributed by atoms with Crippen LogP contribution >= 0.6 is 0 Å². The van der Waals surface area contributed by atoms with Crippen LogP contribution in [0.1, 0.15) is 27.0 Å². The number of non-ortho nitro benzene ring substituents is 1. The molecule has 0 amide bonds. The van der Waals surface area contributed by atoms with Crippen LogP contribution in [0.15, 0.2) is 45.6 Å². The molecule has 3 rings (SSSR count). The second kappa shape index (κ2) is 13.3. The highest BCUT2D eigenvalue weighted by atomic mass is 16.6. The molecule has 0 spiro atoms. The van der Waals surface area contributed by atoms with E-state index < -0.39 is 90.8 Å². The van der Waals surface area contributed by atoms with Gasteiger partial charge in [-0.05, 0) is 24.3 Å². The number of carbonyl (C=O) groups is 5. The van der Waals surface area contributed by atoms with E-state index in [1.807, 2.05) is 0 Å². The van der Waals surface area contributed by atoms with Crippen LogP contribution in [0.3, 0.4) is 0 Å². The van der Waals surface area contributed by atoms with Gasteiger partial charge in [0.1, 0.15) is 16.9 Å². The van der Waals surface area contributed by atoms with Gasteiger partial charge in [0.2, 0.25) is 0 Å². The molecule has 0 radical (unpaired) electrons. The highest BCUT2D eigenvalue weighted by Gasteiger charge is 2.25. The monoisotopic (exact) mass is 601 g/mol. The zero-order valence-electron chi connectivity index (χ0n) is 22.0. The standard InChI is InChI=1S/C26H23N3O14/c30-19(31)9-27(10-20(32)33)7-15-5-14-6-17(23(38)13-1-3-16(4-2-13)29(41)42)26(40)43-25(14)18(24(15)39)8-28(11-21(34)35)12-22(36)37/h1-6,39H,7-12H2,(H,30,31)(H,32,33)(H,34,35)(H,36,37). The molecule has 2 aromatic carbocycles. The van der Waals surface area contributed by atoms with Gasteiger partial charge in [-0.3, -0.25) is 43.9 Å². The number of hydrogen-bond donors (Lipinski definition) is 5. The topological polar surface area (TPSA) is 266 Å². The first kappa shape index (κ1) is 31.8. The summed E-state index contributed by atoms with van der Waals surface area (Å²) in [7, 11) is 0. The number of aliphatic carboxylic acids is 4. The van der Waals surface area contributed by atoms with Crippen LogP contribution in [-0.4, -0.2) is 96.1 Å². The summed E-state index contributed by atoms with van der Waals surface area (Å²) in [6, 6.07) is 6.58. The summed E-state index contributed by atoms with van der Waals surface area (Å²) in [4.78, 5) is 83.4. The van der Waals surface area contributed by atoms with Crippen molar-refractivity contribution in [3.05, 3.63) is 79.2 Å². The fourth-order valence-corrected chi connectivity index (χ4v) is 4.27. The fourth-order valence-electron chi connectivity index (χ4n) is 4.27. The van der Waals surface area contributed by atoms with E-state index in [0.717, 1.165) is 40.1 Å². The number of benzene rings is 2. The number of nitrogens with zero attached hydrogens (tertiary/aromatic N) is 3. The summed E-state index contributed by atoms with van der Waals surface area (Å²) < 4.78 is 5.34. The van der Waals surface area contributed by atoms with Gasteiger partial charge in [0, 0.05) is 41.7 Å². The molecule has 0 saturated heterocycles. The molecule has 0 unspecified atom stereocenters. The van der Waals surface area contributed by atoms with E-state index in [0.29, 0.717) is 0 Å². The third-order valence-corrected chi connectivity index (χ3v) is 5.97. The Morgan fingerprint density at radius 1 is 0.791 bits per heavy atom. The molecule has 0 aliphatic heterocycles. The van der Waals surface area contributed by atoms with E-state index in [9.17, 15) is 64.4 Å². The first-order valence-corrected chi connectivity index (χ1v) is 12.1. The number of ketones is 1. The summed E-state index contributed by atoms with van der Waals surface area (Å²) in [5.74, 6) is -7.18. The lowest BCUT2D eigenvalue weighted by molar-refractivity contribution is -0.384. The number of rotatable bonds is 15. The first-order chi connectivity index (χ1) is 20.2. The lowest BCUT2D eigenvalue weighted by atomic mass is 9.99. The molecule has 0 saturated carbocycles. The Morgan fingerprint density at radius 2 is 1.28 bits per heavy atom. The highest BCUT2D eigenvalue weighted by molar-refractivity contribution is 6.10. The average molecular weight is 601 g/mol. The van der Waals surface area contributed by atoms with Crippen LogP contribution in [0.4, 0.5) is 5.69 Å². The fraction of sp³-hybridized carbons (Fsp3) is 0.231. The molecule has 43 heavy (non-hydrogen) atoms. The Hall–Kier alpha value is -5.68. The van der Waals surface area contributed by atoms with E-state index in [-0.39, 0.29) is 33.3 Å². The normalized spacial score (nSPS) is 11.1. The molecule has 0 atom stereocenters. The number of nitro groups is 1. The van der Waals surface area contributed by atoms with E-state index >= 15 is 0 Å². The van der Waals surface area contributed by atoms with E-state index in [2.05, 4.69) is 0 Å². The predicted octanol–water partition coefficient (Wildman–Crippen LogP) is 0.580. The molecule has 0 aliphatic carbocycles. The zero-order chi connectivity index (χ0) is 32.0. The molecule has 0 aliphatic rings. The minimum atomic E-state index is -1.42. The third kappa shape index (κ3) is 8.18. The molecule has 226 valence electrons. The van der Waals surface area contributed by atoms with Crippen molar-refractivity contribution in [3.8, 4) is 5.75 Å². The van der Waals surface area contributed by atoms with Crippen LogP contribution in [0, 0.1) is 10.1 Å². The smallest absolute Gasteiger partial charge is 0.347 e. The minimum absolute atomic E-state index is 0.0381. The van der Waals surface area contributed by atoms with Crippen LogP contribution in [-0.2, 0) is 32.3 Å². The van der Waals surface area contributed by atoms with Crippen LogP contribution in [0.5, 0.6) is 5.75 Å². The van der Waals surface area contributed by atoms with Crippen LogP contribution < -0.4 is 5.63 Å². The van der Waals surface area contributed by atoms with Crippen molar-refractivity contribution in [2.45, 2.75) is 13.1 Å². The SMILES string of the molecule is O=C(O)CN(CC(=O)O)Cc1cc2cc(C(=O)c3ccc([N+](=O)[O-])cc3)c(=O)oc2c(CN(CC(=O)O)CC(=O)O)c1O. The largest absolute Gasteiger partial charge is 0.507 e. The lowest BCUT2D eigenvalue weighted by Gasteiger charge is -2.23. The number of hydrogen-bond acceptors (Lipinski definition) is 12. The van der Waals surface area contributed by atoms with E-state index in [1.54, 1.807) is 0 Å². The van der Waals surface area contributed by atoms with Crippen molar-refractivity contribution >= 4 is 46.3 Å². The van der Waals surface area contributed by atoms with Gasteiger partial charge in [-0.1, -0.05) is 0 Å². The van der Waals surface area contributed by atoms with Crippen molar-refractivity contribution < 1.29 is 58.8 Å². The van der Waals surface area contributed by atoms with E-state index in [1.165, 1.54) is 6.07 Å². The molecule has 5 N–H and O–H groups in total. The van der Waals surface area contributed by atoms with Gasteiger partial charge >= 0.3 is 29.5 Å². The third-order valence-electron chi connectivity index (χ3n) is 5.97. The van der Waals surface area contributed by atoms with Gasteiger partial charge in [-0.2, -0.15) is 0 Å². The molecule has 17 heteroatoms. The number of fused-ring (bicyclic) bond motifs is 1. The highest BCUT2D eigenvalue weighted by Crippen LogP contribution is 2.33. The summed E-state index contributed by atoms with van der Waals surface area (Å²) in [6.45, 7) is -4.26. The van der Waals surface area contributed by atoms with Gasteiger partial charge in [-0.25, -0.2) is 4.79 Å². The maximum Gasteiger partial charge on any atom is 0.347 e. The van der Waals surface area contributed by atoms with Crippen LogP contribution in [0.2, 0.25) is 0 Å². The van der Waals surface area contributed by atoms with Crippen molar-refractivity contribution in [2.24, 2.45) is 0 Å².